The molecule has 3 rings (SSSR count). The fraction of sp³-hybridized carbons (Fsp3) is 0.467. The summed E-state index contributed by atoms with van der Waals surface area (Å²) < 4.78 is 6.43. The Labute approximate surface area is 128 Å². The summed E-state index contributed by atoms with van der Waals surface area (Å²) in [5.41, 5.74) is 0. The lowest BCUT2D eigenvalue weighted by Crippen LogP contribution is -2.42. The third-order valence-electron chi connectivity index (χ3n) is 3.83. The van der Waals surface area contributed by atoms with Gasteiger partial charge in [-0.25, -0.2) is 0 Å². The normalized spacial score (nSPS) is 19.3. The standard InChI is InChI=1S/C15H19ClN2OS/c1-18-8-6-11(7-9-18)17-15(12-3-2-10-19-12)13-4-5-14(16)20-13/h2-5,10-11,15,17H,6-9H2,1H3. The van der Waals surface area contributed by atoms with Crippen molar-refractivity contribution in [3.63, 3.8) is 0 Å². The number of halogens is 1. The highest BCUT2D eigenvalue weighted by molar-refractivity contribution is 7.16. The lowest BCUT2D eigenvalue weighted by molar-refractivity contribution is 0.225. The molecule has 3 nitrogen and oxygen atoms in total. The quantitative estimate of drug-likeness (QED) is 0.932. The van der Waals surface area contributed by atoms with Crippen LogP contribution >= 0.6 is 22.9 Å². The number of thiophene rings is 1. The van der Waals surface area contributed by atoms with Gasteiger partial charge in [0.15, 0.2) is 0 Å². The first-order valence-electron chi connectivity index (χ1n) is 6.95. The summed E-state index contributed by atoms with van der Waals surface area (Å²) in [7, 11) is 2.18. The molecule has 1 atom stereocenters. The molecular weight excluding hydrogens is 292 g/mol. The molecule has 1 aliphatic heterocycles. The molecule has 3 heterocycles. The Morgan fingerprint density at radius 1 is 1.35 bits per heavy atom. The van der Waals surface area contributed by atoms with Gasteiger partial charge in [0.2, 0.25) is 0 Å². The van der Waals surface area contributed by atoms with Crippen LogP contribution in [0, 0.1) is 0 Å². The molecule has 2 aromatic rings. The van der Waals surface area contributed by atoms with Crippen molar-refractivity contribution >= 4 is 22.9 Å². The van der Waals surface area contributed by atoms with Gasteiger partial charge in [-0.2, -0.15) is 0 Å². The summed E-state index contributed by atoms with van der Waals surface area (Å²) in [5, 5.41) is 3.74. The molecule has 1 unspecified atom stereocenters. The summed E-state index contributed by atoms with van der Waals surface area (Å²) >= 11 is 7.70. The maximum Gasteiger partial charge on any atom is 0.126 e. The van der Waals surface area contributed by atoms with Crippen molar-refractivity contribution in [3.05, 3.63) is 45.5 Å². The van der Waals surface area contributed by atoms with Crippen molar-refractivity contribution in [2.24, 2.45) is 0 Å². The third kappa shape index (κ3) is 3.26. The molecule has 20 heavy (non-hydrogen) atoms. The Balaban J connectivity index is 1.76. The minimum Gasteiger partial charge on any atom is -0.467 e. The van der Waals surface area contributed by atoms with E-state index in [4.69, 9.17) is 16.0 Å². The maximum atomic E-state index is 6.08. The molecule has 0 aromatic carbocycles. The molecule has 0 amide bonds. The van der Waals surface area contributed by atoms with E-state index in [0.717, 1.165) is 23.2 Å². The minimum absolute atomic E-state index is 0.107. The van der Waals surface area contributed by atoms with E-state index in [1.165, 1.54) is 17.7 Å². The van der Waals surface area contributed by atoms with Gasteiger partial charge in [0.05, 0.1) is 10.6 Å². The zero-order valence-electron chi connectivity index (χ0n) is 11.5. The Hall–Kier alpha value is -0.810. The van der Waals surface area contributed by atoms with Gasteiger partial charge in [-0.15, -0.1) is 11.3 Å². The summed E-state index contributed by atoms with van der Waals surface area (Å²) in [5.74, 6) is 0.961. The average molecular weight is 311 g/mol. The Bertz CT molecular complexity index is 532. The molecular formula is C15H19ClN2OS. The van der Waals surface area contributed by atoms with Crippen LogP contribution in [0.5, 0.6) is 0 Å². The Morgan fingerprint density at radius 3 is 2.75 bits per heavy atom. The van der Waals surface area contributed by atoms with Crippen LogP contribution in [-0.4, -0.2) is 31.1 Å². The first kappa shape index (κ1) is 14.1. The first-order chi connectivity index (χ1) is 9.72. The summed E-state index contributed by atoms with van der Waals surface area (Å²) in [6, 6.07) is 8.64. The van der Waals surface area contributed by atoms with E-state index >= 15 is 0 Å². The first-order valence-corrected chi connectivity index (χ1v) is 8.15. The molecule has 0 radical (unpaired) electrons. The number of hydrogen-bond acceptors (Lipinski definition) is 4. The van der Waals surface area contributed by atoms with E-state index in [-0.39, 0.29) is 6.04 Å². The van der Waals surface area contributed by atoms with Crippen molar-refractivity contribution in [1.82, 2.24) is 10.2 Å². The SMILES string of the molecule is CN1CCC(NC(c2ccco2)c2ccc(Cl)s2)CC1. The molecule has 1 fully saturated rings. The van der Waals surface area contributed by atoms with Crippen molar-refractivity contribution in [2.75, 3.05) is 20.1 Å². The van der Waals surface area contributed by atoms with E-state index in [2.05, 4.69) is 23.3 Å². The molecule has 1 saturated heterocycles. The molecule has 1 N–H and O–H groups in total. The molecule has 1 aliphatic rings. The maximum absolute atomic E-state index is 6.08. The predicted octanol–water partition coefficient (Wildman–Crippen LogP) is 3.77. The molecule has 0 spiro atoms. The Morgan fingerprint density at radius 2 is 2.15 bits per heavy atom. The van der Waals surface area contributed by atoms with Gasteiger partial charge in [0.1, 0.15) is 11.8 Å². The zero-order chi connectivity index (χ0) is 13.9. The Kier molecular flexibility index (Phi) is 4.46. The summed E-state index contributed by atoms with van der Waals surface area (Å²) in [6.07, 6.45) is 4.08. The summed E-state index contributed by atoms with van der Waals surface area (Å²) in [6.45, 7) is 2.29. The second kappa shape index (κ2) is 6.31. The molecule has 0 aliphatic carbocycles. The van der Waals surface area contributed by atoms with E-state index in [9.17, 15) is 0 Å². The number of hydrogen-bond donors (Lipinski definition) is 1. The van der Waals surface area contributed by atoms with Crippen molar-refractivity contribution < 1.29 is 4.42 Å². The van der Waals surface area contributed by atoms with Crippen LogP contribution in [0.3, 0.4) is 0 Å². The van der Waals surface area contributed by atoms with Crippen molar-refractivity contribution in [2.45, 2.75) is 24.9 Å². The van der Waals surface area contributed by atoms with E-state index in [0.29, 0.717) is 6.04 Å². The summed E-state index contributed by atoms with van der Waals surface area (Å²) in [4.78, 5) is 3.59. The van der Waals surface area contributed by atoms with Crippen LogP contribution in [0.15, 0.2) is 34.9 Å². The van der Waals surface area contributed by atoms with Crippen molar-refractivity contribution in [3.8, 4) is 0 Å². The second-order valence-corrected chi connectivity index (χ2v) is 7.08. The molecule has 0 saturated carbocycles. The largest absolute Gasteiger partial charge is 0.467 e. The zero-order valence-corrected chi connectivity index (χ0v) is 13.1. The minimum atomic E-state index is 0.107. The average Bonchev–Trinajstić information content (AvgIpc) is 3.09. The predicted molar refractivity (Wildman–Crippen MR) is 83.5 cm³/mol. The van der Waals surface area contributed by atoms with E-state index in [1.807, 2.05) is 18.2 Å². The topological polar surface area (TPSA) is 28.4 Å². The smallest absolute Gasteiger partial charge is 0.126 e. The van der Waals surface area contributed by atoms with Crippen LogP contribution in [-0.2, 0) is 0 Å². The fourth-order valence-corrected chi connectivity index (χ4v) is 3.78. The molecule has 108 valence electrons. The van der Waals surface area contributed by atoms with Crippen LogP contribution in [0.25, 0.3) is 0 Å². The van der Waals surface area contributed by atoms with Gasteiger partial charge in [-0.3, -0.25) is 0 Å². The highest BCUT2D eigenvalue weighted by atomic mass is 35.5. The highest BCUT2D eigenvalue weighted by Gasteiger charge is 2.24. The van der Waals surface area contributed by atoms with E-state index in [1.54, 1.807) is 17.6 Å². The van der Waals surface area contributed by atoms with Gasteiger partial charge in [-0.05, 0) is 57.2 Å². The second-order valence-electron chi connectivity index (χ2n) is 5.33. The van der Waals surface area contributed by atoms with Crippen LogP contribution in [0.2, 0.25) is 4.34 Å². The molecule has 0 bridgehead atoms. The van der Waals surface area contributed by atoms with Crippen LogP contribution in [0.1, 0.15) is 29.5 Å². The van der Waals surface area contributed by atoms with Crippen LogP contribution < -0.4 is 5.32 Å². The van der Waals surface area contributed by atoms with Gasteiger partial charge >= 0.3 is 0 Å². The number of rotatable bonds is 4. The van der Waals surface area contributed by atoms with E-state index < -0.39 is 0 Å². The lowest BCUT2D eigenvalue weighted by atomic mass is 10.0. The molecule has 5 heteroatoms. The van der Waals surface area contributed by atoms with Gasteiger partial charge in [0.25, 0.3) is 0 Å². The van der Waals surface area contributed by atoms with Crippen LogP contribution in [0.4, 0.5) is 0 Å². The van der Waals surface area contributed by atoms with Crippen molar-refractivity contribution in [1.29, 1.82) is 0 Å². The molecule has 2 aromatic heterocycles. The van der Waals surface area contributed by atoms with Gasteiger partial charge in [-0.1, -0.05) is 11.6 Å². The number of likely N-dealkylation sites (tertiary alicyclic amines) is 1. The third-order valence-corrected chi connectivity index (χ3v) is 5.12. The van der Waals surface area contributed by atoms with Gasteiger partial charge in [0, 0.05) is 10.9 Å². The fourth-order valence-electron chi connectivity index (χ4n) is 2.65. The monoisotopic (exact) mass is 310 g/mol. The number of nitrogens with one attached hydrogen (secondary N) is 1. The lowest BCUT2D eigenvalue weighted by Gasteiger charge is -2.31. The number of nitrogens with zero attached hydrogens (tertiary/aromatic N) is 1. The number of furan rings is 1. The number of piperidine rings is 1. The van der Waals surface area contributed by atoms with Gasteiger partial charge < -0.3 is 14.6 Å². The highest BCUT2D eigenvalue weighted by Crippen LogP contribution is 2.32.